The molecule has 1 heterocycles. The van der Waals surface area contributed by atoms with Gasteiger partial charge < -0.3 is 5.32 Å². The smallest absolute Gasteiger partial charge is 0.0211 e. The van der Waals surface area contributed by atoms with Crippen molar-refractivity contribution in [3.63, 3.8) is 0 Å². The van der Waals surface area contributed by atoms with E-state index in [1.54, 1.807) is 0 Å². The molecule has 0 aliphatic carbocycles. The zero-order valence-corrected chi connectivity index (χ0v) is 12.0. The Kier molecular flexibility index (Phi) is 4.74. The van der Waals surface area contributed by atoms with Crippen molar-refractivity contribution in [3.05, 3.63) is 33.8 Å². The molecule has 0 amide bonds. The summed E-state index contributed by atoms with van der Waals surface area (Å²) in [6.45, 7) is 3.18. The first-order valence-electron chi connectivity index (χ1n) is 5.82. The van der Waals surface area contributed by atoms with Crippen molar-refractivity contribution in [3.8, 4) is 0 Å². The molecule has 88 valence electrons. The van der Waals surface area contributed by atoms with Gasteiger partial charge in [0.05, 0.1) is 0 Å². The van der Waals surface area contributed by atoms with Gasteiger partial charge in [-0.15, -0.1) is 0 Å². The maximum absolute atomic E-state index is 3.66. The third kappa shape index (κ3) is 3.51. The monoisotopic (exact) mass is 299 g/mol. The Hall–Kier alpha value is 0.01000. The van der Waals surface area contributed by atoms with Crippen molar-refractivity contribution in [1.29, 1.82) is 0 Å². The number of aryl methyl sites for hydroxylation is 1. The summed E-state index contributed by atoms with van der Waals surface area (Å²) in [5, 5.41) is 3.66. The normalized spacial score (nSPS) is 21.0. The van der Waals surface area contributed by atoms with Crippen LogP contribution in [0.5, 0.6) is 0 Å². The van der Waals surface area contributed by atoms with Gasteiger partial charge in [0.15, 0.2) is 0 Å². The van der Waals surface area contributed by atoms with Crippen LogP contribution < -0.4 is 5.32 Å². The molecule has 1 nitrogen and oxygen atoms in total. The molecule has 2 rings (SSSR count). The molecule has 0 radical (unpaired) electrons. The van der Waals surface area contributed by atoms with E-state index < -0.39 is 0 Å². The molecular formula is C13H18BrNS. The van der Waals surface area contributed by atoms with E-state index in [2.05, 4.69) is 58.1 Å². The minimum absolute atomic E-state index is 0.710. The van der Waals surface area contributed by atoms with Crippen LogP contribution in [0.15, 0.2) is 22.7 Å². The van der Waals surface area contributed by atoms with E-state index in [0.29, 0.717) is 6.04 Å². The summed E-state index contributed by atoms with van der Waals surface area (Å²) in [6, 6.07) is 7.23. The number of halogens is 1. The van der Waals surface area contributed by atoms with Crippen LogP contribution in [-0.2, 0) is 6.54 Å². The number of hydrogen-bond donors (Lipinski definition) is 1. The molecule has 0 bridgehead atoms. The summed E-state index contributed by atoms with van der Waals surface area (Å²) in [4.78, 5) is 0. The zero-order chi connectivity index (χ0) is 11.4. The summed E-state index contributed by atoms with van der Waals surface area (Å²) in [5.41, 5.74) is 2.78. The van der Waals surface area contributed by atoms with Gasteiger partial charge >= 0.3 is 0 Å². The van der Waals surface area contributed by atoms with Crippen molar-refractivity contribution in [2.45, 2.75) is 32.4 Å². The Morgan fingerprint density at radius 3 is 3.06 bits per heavy atom. The molecule has 16 heavy (non-hydrogen) atoms. The van der Waals surface area contributed by atoms with Gasteiger partial charge in [-0.25, -0.2) is 0 Å². The Morgan fingerprint density at radius 1 is 1.50 bits per heavy atom. The Bertz CT molecular complexity index is 348. The maximum Gasteiger partial charge on any atom is 0.0211 e. The Morgan fingerprint density at radius 2 is 2.38 bits per heavy atom. The first kappa shape index (κ1) is 12.5. The van der Waals surface area contributed by atoms with E-state index in [0.717, 1.165) is 6.54 Å². The standard InChI is InChI=1S/C13H18BrNS/c1-10-7-12(14)5-4-11(10)8-15-13-3-2-6-16-9-13/h4-5,7,13,15H,2-3,6,8-9H2,1H3. The lowest BCUT2D eigenvalue weighted by Crippen LogP contribution is -2.33. The van der Waals surface area contributed by atoms with Gasteiger partial charge in [-0.05, 0) is 48.8 Å². The minimum Gasteiger partial charge on any atom is -0.309 e. The van der Waals surface area contributed by atoms with E-state index in [1.165, 1.54) is 39.9 Å². The average molecular weight is 300 g/mol. The Labute approximate surface area is 111 Å². The molecule has 0 saturated carbocycles. The lowest BCUT2D eigenvalue weighted by atomic mass is 10.1. The summed E-state index contributed by atoms with van der Waals surface area (Å²) in [5.74, 6) is 2.62. The second-order valence-electron chi connectivity index (χ2n) is 4.37. The first-order valence-corrected chi connectivity index (χ1v) is 7.76. The molecule has 1 aliphatic rings. The van der Waals surface area contributed by atoms with Crippen molar-refractivity contribution >= 4 is 27.7 Å². The van der Waals surface area contributed by atoms with Crippen LogP contribution in [0.1, 0.15) is 24.0 Å². The molecule has 1 aromatic carbocycles. The van der Waals surface area contributed by atoms with Gasteiger partial charge in [0.25, 0.3) is 0 Å². The van der Waals surface area contributed by atoms with Gasteiger partial charge in [-0.2, -0.15) is 11.8 Å². The minimum atomic E-state index is 0.710. The second-order valence-corrected chi connectivity index (χ2v) is 6.43. The SMILES string of the molecule is Cc1cc(Br)ccc1CNC1CCCSC1. The molecule has 1 N–H and O–H groups in total. The number of hydrogen-bond acceptors (Lipinski definition) is 2. The summed E-state index contributed by atoms with van der Waals surface area (Å²) < 4.78 is 1.17. The highest BCUT2D eigenvalue weighted by Crippen LogP contribution is 2.19. The van der Waals surface area contributed by atoms with E-state index in [-0.39, 0.29) is 0 Å². The fourth-order valence-electron chi connectivity index (χ4n) is 2.01. The molecule has 1 saturated heterocycles. The maximum atomic E-state index is 3.66. The topological polar surface area (TPSA) is 12.0 Å². The highest BCUT2D eigenvalue weighted by Gasteiger charge is 2.12. The van der Waals surface area contributed by atoms with E-state index >= 15 is 0 Å². The molecule has 0 spiro atoms. The van der Waals surface area contributed by atoms with Crippen LogP contribution in [0, 0.1) is 6.92 Å². The van der Waals surface area contributed by atoms with Crippen molar-refractivity contribution in [2.24, 2.45) is 0 Å². The van der Waals surface area contributed by atoms with Crippen LogP contribution in [-0.4, -0.2) is 17.5 Å². The molecule has 3 heteroatoms. The van der Waals surface area contributed by atoms with E-state index in [9.17, 15) is 0 Å². The highest BCUT2D eigenvalue weighted by atomic mass is 79.9. The predicted molar refractivity (Wildman–Crippen MR) is 76.1 cm³/mol. The van der Waals surface area contributed by atoms with Crippen LogP contribution in [0.25, 0.3) is 0 Å². The lowest BCUT2D eigenvalue weighted by Gasteiger charge is -2.23. The fourth-order valence-corrected chi connectivity index (χ4v) is 3.60. The highest BCUT2D eigenvalue weighted by molar-refractivity contribution is 9.10. The van der Waals surface area contributed by atoms with E-state index in [1.807, 2.05) is 0 Å². The third-order valence-electron chi connectivity index (χ3n) is 3.05. The molecule has 1 fully saturated rings. The molecule has 1 aliphatic heterocycles. The average Bonchev–Trinajstić information content (AvgIpc) is 2.29. The van der Waals surface area contributed by atoms with Crippen molar-refractivity contribution in [1.82, 2.24) is 5.32 Å². The predicted octanol–water partition coefficient (Wildman–Crippen LogP) is 3.74. The lowest BCUT2D eigenvalue weighted by molar-refractivity contribution is 0.507. The molecule has 1 unspecified atom stereocenters. The molecule has 1 aromatic rings. The van der Waals surface area contributed by atoms with E-state index in [4.69, 9.17) is 0 Å². The largest absolute Gasteiger partial charge is 0.309 e. The number of rotatable bonds is 3. The van der Waals surface area contributed by atoms with Crippen molar-refractivity contribution in [2.75, 3.05) is 11.5 Å². The zero-order valence-electron chi connectivity index (χ0n) is 9.63. The van der Waals surface area contributed by atoms with Crippen LogP contribution in [0.3, 0.4) is 0 Å². The number of benzene rings is 1. The van der Waals surface area contributed by atoms with Gasteiger partial charge in [-0.1, -0.05) is 22.0 Å². The molecule has 1 atom stereocenters. The second kappa shape index (κ2) is 6.08. The number of thioether (sulfide) groups is 1. The summed E-state index contributed by atoms with van der Waals surface area (Å²) >= 11 is 5.58. The van der Waals surface area contributed by atoms with Gasteiger partial charge in [0.1, 0.15) is 0 Å². The first-order chi connectivity index (χ1) is 7.75. The quantitative estimate of drug-likeness (QED) is 0.912. The Balaban J connectivity index is 1.88. The summed E-state index contributed by atoms with van der Waals surface area (Å²) in [7, 11) is 0. The third-order valence-corrected chi connectivity index (χ3v) is 4.75. The summed E-state index contributed by atoms with van der Waals surface area (Å²) in [6.07, 6.45) is 2.70. The molecular weight excluding hydrogens is 282 g/mol. The van der Waals surface area contributed by atoms with Gasteiger partial charge in [-0.3, -0.25) is 0 Å². The molecule has 0 aromatic heterocycles. The van der Waals surface area contributed by atoms with Crippen LogP contribution in [0.4, 0.5) is 0 Å². The fraction of sp³-hybridized carbons (Fsp3) is 0.538. The number of nitrogens with one attached hydrogen (secondary N) is 1. The van der Waals surface area contributed by atoms with Crippen LogP contribution in [0.2, 0.25) is 0 Å². The van der Waals surface area contributed by atoms with Crippen molar-refractivity contribution < 1.29 is 0 Å². The van der Waals surface area contributed by atoms with Gasteiger partial charge in [0, 0.05) is 22.8 Å². The van der Waals surface area contributed by atoms with Crippen LogP contribution >= 0.6 is 27.7 Å². The van der Waals surface area contributed by atoms with Gasteiger partial charge in [0.2, 0.25) is 0 Å².